The molecule has 30 heavy (non-hydrogen) atoms. The van der Waals surface area contributed by atoms with E-state index in [4.69, 9.17) is 14.0 Å². The minimum absolute atomic E-state index is 0. The van der Waals surface area contributed by atoms with Crippen LogP contribution in [-0.2, 0) is 19.6 Å². The van der Waals surface area contributed by atoms with Gasteiger partial charge in [0.05, 0.1) is 11.5 Å². The van der Waals surface area contributed by atoms with Crippen LogP contribution in [0, 0.1) is 5.92 Å². The van der Waals surface area contributed by atoms with E-state index in [-0.39, 0.29) is 80.1 Å². The molecule has 0 aliphatic rings. The second kappa shape index (κ2) is 11.9. The van der Waals surface area contributed by atoms with Gasteiger partial charge in [0.15, 0.2) is 0 Å². The molecule has 0 atom stereocenters. The molecule has 0 aliphatic heterocycles. The zero-order valence-corrected chi connectivity index (χ0v) is 17.1. The normalized spacial score (nSPS) is 11.2. The van der Waals surface area contributed by atoms with E-state index in [0.717, 1.165) is 0 Å². The number of ether oxygens (including phenoxy) is 2. The van der Waals surface area contributed by atoms with E-state index in [2.05, 4.69) is 0 Å². The maximum absolute atomic E-state index is 12.4. The average Bonchev–Trinajstić information content (AvgIpc) is 2.64. The number of carbonyl (C=O) groups excluding carboxylic acids is 2. The predicted octanol–water partition coefficient (Wildman–Crippen LogP) is 3.19. The van der Waals surface area contributed by atoms with Crippen molar-refractivity contribution in [2.24, 2.45) is 5.92 Å². The molecule has 2 rings (SSSR count). The standard InChI is InChI=1S/C21H22O7S.K.H/c1-14(2)13-27-21(23)19-12-17(8-11-20(19)28-15(3)22)5-4-16-6-9-18(10-7-16)29(24,25)26;;/h4-12,14H,13H2,1-3H3,(H,24,25,26);;. The van der Waals surface area contributed by atoms with Crippen LogP contribution in [0.15, 0.2) is 47.4 Å². The van der Waals surface area contributed by atoms with Crippen LogP contribution in [0.5, 0.6) is 5.75 Å². The Morgan fingerprint density at radius 1 is 1.03 bits per heavy atom. The van der Waals surface area contributed by atoms with E-state index < -0.39 is 22.1 Å². The fourth-order valence-electron chi connectivity index (χ4n) is 2.32. The molecule has 0 heterocycles. The molecule has 0 fully saturated rings. The molecule has 156 valence electrons. The number of benzene rings is 2. The summed E-state index contributed by atoms with van der Waals surface area (Å²) < 4.78 is 41.5. The maximum atomic E-state index is 12.4. The van der Waals surface area contributed by atoms with Crippen molar-refractivity contribution >= 4 is 85.6 Å². The van der Waals surface area contributed by atoms with Crippen molar-refractivity contribution in [2.75, 3.05) is 6.61 Å². The van der Waals surface area contributed by atoms with Gasteiger partial charge in [-0.05, 0) is 41.3 Å². The van der Waals surface area contributed by atoms with Gasteiger partial charge in [-0.2, -0.15) is 8.42 Å². The minimum atomic E-state index is -4.25. The average molecular weight is 459 g/mol. The first kappa shape index (κ1) is 26.7. The van der Waals surface area contributed by atoms with Gasteiger partial charge in [-0.25, -0.2) is 4.79 Å². The third-order valence-electron chi connectivity index (χ3n) is 3.67. The van der Waals surface area contributed by atoms with Gasteiger partial charge in [0, 0.05) is 6.92 Å². The molecule has 0 unspecified atom stereocenters. The molecule has 7 nitrogen and oxygen atoms in total. The van der Waals surface area contributed by atoms with E-state index in [9.17, 15) is 18.0 Å². The second-order valence-electron chi connectivity index (χ2n) is 6.72. The summed E-state index contributed by atoms with van der Waals surface area (Å²) in [6.45, 7) is 5.30. The fraction of sp³-hybridized carbons (Fsp3) is 0.238. The summed E-state index contributed by atoms with van der Waals surface area (Å²) in [6, 6.07) is 10.4. The molecule has 0 bridgehead atoms. The van der Waals surface area contributed by atoms with Crippen molar-refractivity contribution in [3.05, 3.63) is 59.2 Å². The molecule has 0 saturated heterocycles. The van der Waals surface area contributed by atoms with E-state index in [1.54, 1.807) is 24.3 Å². The van der Waals surface area contributed by atoms with E-state index >= 15 is 0 Å². The van der Waals surface area contributed by atoms with Crippen LogP contribution >= 0.6 is 0 Å². The molecule has 9 heteroatoms. The molecule has 0 saturated carbocycles. The molecule has 2 aromatic carbocycles. The molecule has 0 spiro atoms. The number of carbonyl (C=O) groups is 2. The second-order valence-corrected chi connectivity index (χ2v) is 8.14. The van der Waals surface area contributed by atoms with E-state index in [1.165, 1.54) is 37.3 Å². The molecular formula is C21H23KO7S. The van der Waals surface area contributed by atoms with Crippen molar-refractivity contribution in [1.82, 2.24) is 0 Å². The van der Waals surface area contributed by atoms with Gasteiger partial charge in [-0.3, -0.25) is 9.35 Å². The van der Waals surface area contributed by atoms with Crippen LogP contribution in [0.4, 0.5) is 0 Å². The van der Waals surface area contributed by atoms with Crippen molar-refractivity contribution in [3.8, 4) is 5.75 Å². The summed E-state index contributed by atoms with van der Waals surface area (Å²) in [4.78, 5) is 23.5. The van der Waals surface area contributed by atoms with Crippen LogP contribution in [0.25, 0.3) is 12.2 Å². The fourth-order valence-corrected chi connectivity index (χ4v) is 2.80. The summed E-state index contributed by atoms with van der Waals surface area (Å²) in [5.41, 5.74) is 1.46. The van der Waals surface area contributed by atoms with Gasteiger partial charge in [-0.1, -0.05) is 44.2 Å². The first-order chi connectivity index (χ1) is 13.6. The first-order valence-corrected chi connectivity index (χ1v) is 10.3. The zero-order valence-electron chi connectivity index (χ0n) is 16.3. The Kier molecular flexibility index (Phi) is 10.6. The summed E-state index contributed by atoms with van der Waals surface area (Å²) in [6.07, 6.45) is 3.41. The summed E-state index contributed by atoms with van der Waals surface area (Å²) >= 11 is 0. The quantitative estimate of drug-likeness (QED) is 0.223. The molecule has 0 aliphatic carbocycles. The summed E-state index contributed by atoms with van der Waals surface area (Å²) in [5, 5.41) is 0. The van der Waals surface area contributed by atoms with Crippen LogP contribution in [-0.4, -0.2) is 82.9 Å². The van der Waals surface area contributed by atoms with E-state index in [1.807, 2.05) is 13.8 Å². The number of esters is 2. The Balaban J connectivity index is 0.00000450. The Bertz CT molecular complexity index is 1030. The Morgan fingerprint density at radius 2 is 1.60 bits per heavy atom. The van der Waals surface area contributed by atoms with Crippen LogP contribution < -0.4 is 4.74 Å². The molecule has 2 aromatic rings. The van der Waals surface area contributed by atoms with E-state index in [0.29, 0.717) is 11.1 Å². The van der Waals surface area contributed by atoms with Crippen LogP contribution in [0.1, 0.15) is 42.3 Å². The molecular weight excluding hydrogens is 435 g/mol. The van der Waals surface area contributed by atoms with Gasteiger partial charge < -0.3 is 9.47 Å². The van der Waals surface area contributed by atoms with Gasteiger partial charge in [0.1, 0.15) is 11.3 Å². The van der Waals surface area contributed by atoms with Gasteiger partial charge in [-0.15, -0.1) is 0 Å². The Labute approximate surface area is 218 Å². The number of rotatable bonds is 7. The predicted molar refractivity (Wildman–Crippen MR) is 115 cm³/mol. The third kappa shape index (κ3) is 8.42. The van der Waals surface area contributed by atoms with Gasteiger partial charge in [0.25, 0.3) is 10.1 Å². The summed E-state index contributed by atoms with van der Waals surface area (Å²) in [5.74, 6) is -0.876. The van der Waals surface area contributed by atoms with Crippen molar-refractivity contribution in [1.29, 1.82) is 0 Å². The molecule has 0 amide bonds. The monoisotopic (exact) mass is 458 g/mol. The van der Waals surface area contributed by atoms with Gasteiger partial charge in [0.2, 0.25) is 0 Å². The van der Waals surface area contributed by atoms with Gasteiger partial charge >= 0.3 is 63.3 Å². The molecule has 0 radical (unpaired) electrons. The summed E-state index contributed by atoms with van der Waals surface area (Å²) in [7, 11) is -4.25. The third-order valence-corrected chi connectivity index (χ3v) is 4.54. The number of hydrogen-bond acceptors (Lipinski definition) is 6. The van der Waals surface area contributed by atoms with Crippen LogP contribution in [0.3, 0.4) is 0 Å². The van der Waals surface area contributed by atoms with Crippen molar-refractivity contribution in [2.45, 2.75) is 25.7 Å². The zero-order chi connectivity index (χ0) is 21.6. The first-order valence-electron chi connectivity index (χ1n) is 8.81. The van der Waals surface area contributed by atoms with Crippen molar-refractivity contribution in [3.63, 3.8) is 0 Å². The molecule has 0 aromatic heterocycles. The Morgan fingerprint density at radius 3 is 2.13 bits per heavy atom. The van der Waals surface area contributed by atoms with Crippen molar-refractivity contribution < 1.29 is 32.0 Å². The SMILES string of the molecule is CC(=O)Oc1ccc(C=Cc2ccc(S(=O)(=O)O)cc2)cc1C(=O)OCC(C)C.[KH]. The number of hydrogen-bond donors (Lipinski definition) is 1. The molecule has 1 N–H and O–H groups in total. The van der Waals surface area contributed by atoms with Crippen LogP contribution in [0.2, 0.25) is 0 Å². The topological polar surface area (TPSA) is 107 Å². The Hall–Kier alpha value is -1.33.